The molecule has 0 bridgehead atoms. The summed E-state index contributed by atoms with van der Waals surface area (Å²) in [4.78, 5) is 23.3. The van der Waals surface area contributed by atoms with Crippen molar-refractivity contribution in [2.24, 2.45) is 0 Å². The zero-order valence-corrected chi connectivity index (χ0v) is 20.3. The molecule has 7 heteroatoms. The molecule has 4 rings (SSSR count). The van der Waals surface area contributed by atoms with Crippen LogP contribution in [-0.2, 0) is 6.42 Å². The number of amides is 1. The fraction of sp³-hybridized carbons (Fsp3) is 0.192. The molecule has 1 atom stereocenters. The molecule has 0 fully saturated rings. The summed E-state index contributed by atoms with van der Waals surface area (Å²) in [5.41, 5.74) is 4.28. The Hall–Kier alpha value is -3.22. The van der Waals surface area contributed by atoms with E-state index in [0.717, 1.165) is 33.9 Å². The Morgan fingerprint density at radius 2 is 1.73 bits per heavy atom. The molecule has 0 aliphatic carbocycles. The summed E-state index contributed by atoms with van der Waals surface area (Å²) in [6.45, 7) is 5.99. The van der Waals surface area contributed by atoms with Gasteiger partial charge in [0.25, 0.3) is 5.91 Å². The van der Waals surface area contributed by atoms with E-state index in [0.29, 0.717) is 16.5 Å². The number of anilines is 2. The second-order valence-electron chi connectivity index (χ2n) is 7.78. The van der Waals surface area contributed by atoms with Crippen LogP contribution in [0.25, 0.3) is 0 Å². The monoisotopic (exact) mass is 476 g/mol. The molecule has 0 unspecified atom stereocenters. The maximum Gasteiger partial charge on any atom is 0.256 e. The van der Waals surface area contributed by atoms with Crippen LogP contribution >= 0.6 is 22.9 Å². The average Bonchev–Trinajstić information content (AvgIpc) is 3.20. The van der Waals surface area contributed by atoms with E-state index in [1.807, 2.05) is 62.4 Å². The maximum absolute atomic E-state index is 13.0. The summed E-state index contributed by atoms with van der Waals surface area (Å²) in [5.74, 6) is 0.385. The highest BCUT2D eigenvalue weighted by molar-refractivity contribution is 7.16. The van der Waals surface area contributed by atoms with E-state index in [2.05, 4.69) is 33.6 Å². The van der Waals surface area contributed by atoms with Crippen LogP contribution in [0.1, 0.15) is 50.7 Å². The lowest BCUT2D eigenvalue weighted by Gasteiger charge is -2.21. The number of nitrogens with zero attached hydrogens (tertiary/aromatic N) is 2. The third kappa shape index (κ3) is 5.59. The number of carbonyl (C=O) groups is 1. The smallest absolute Gasteiger partial charge is 0.256 e. The second-order valence-corrected chi connectivity index (χ2v) is 9.35. The molecule has 2 aromatic carbocycles. The number of aromatic nitrogens is 2. The molecule has 0 spiro atoms. The Labute approximate surface area is 202 Å². The molecule has 0 saturated heterocycles. The molecule has 0 radical (unpaired) electrons. The molecule has 2 N–H and O–H groups in total. The van der Waals surface area contributed by atoms with E-state index in [1.165, 1.54) is 4.88 Å². The number of halogens is 1. The summed E-state index contributed by atoms with van der Waals surface area (Å²) >= 11 is 7.92. The van der Waals surface area contributed by atoms with Crippen molar-refractivity contribution < 1.29 is 4.79 Å². The van der Waals surface area contributed by atoms with Crippen LogP contribution in [0, 0.1) is 13.8 Å². The summed E-state index contributed by atoms with van der Waals surface area (Å²) < 4.78 is 0. The van der Waals surface area contributed by atoms with Crippen LogP contribution in [0.3, 0.4) is 0 Å². The quantitative estimate of drug-likeness (QED) is 0.307. The number of nitrogens with one attached hydrogen (secondary N) is 2. The summed E-state index contributed by atoms with van der Waals surface area (Å²) in [5, 5.41) is 8.04. The van der Waals surface area contributed by atoms with Gasteiger partial charge in [-0.25, -0.2) is 9.97 Å². The van der Waals surface area contributed by atoms with Gasteiger partial charge in [0, 0.05) is 32.4 Å². The van der Waals surface area contributed by atoms with Crippen LogP contribution in [0.5, 0.6) is 0 Å². The van der Waals surface area contributed by atoms with E-state index < -0.39 is 0 Å². The third-order valence-corrected chi connectivity index (χ3v) is 6.62. The fourth-order valence-electron chi connectivity index (χ4n) is 3.66. The number of aryl methyl sites for hydroxylation is 3. The molecule has 2 heterocycles. The minimum Gasteiger partial charge on any atom is -0.343 e. The van der Waals surface area contributed by atoms with E-state index >= 15 is 0 Å². The first-order valence-corrected chi connectivity index (χ1v) is 12.0. The highest BCUT2D eigenvalue weighted by Crippen LogP contribution is 2.38. The van der Waals surface area contributed by atoms with Crippen molar-refractivity contribution in [3.05, 3.63) is 105 Å². The molecule has 2 aromatic heterocycles. The topological polar surface area (TPSA) is 66.9 Å². The molecule has 5 nitrogen and oxygen atoms in total. The first-order valence-electron chi connectivity index (χ1n) is 10.8. The molecular formula is C26H25ClN4OS. The number of rotatable bonds is 7. The van der Waals surface area contributed by atoms with Crippen LogP contribution in [0.4, 0.5) is 10.9 Å². The van der Waals surface area contributed by atoms with Gasteiger partial charge >= 0.3 is 0 Å². The Bertz CT molecular complexity index is 1250. The van der Waals surface area contributed by atoms with Gasteiger partial charge in [0.2, 0.25) is 5.95 Å². The Morgan fingerprint density at radius 3 is 2.39 bits per heavy atom. The van der Waals surface area contributed by atoms with Gasteiger partial charge in [0.15, 0.2) is 0 Å². The normalized spacial score (nSPS) is 11.8. The van der Waals surface area contributed by atoms with Crippen molar-refractivity contribution >= 4 is 39.8 Å². The zero-order valence-electron chi connectivity index (χ0n) is 18.7. The minimum absolute atomic E-state index is 0.145. The fourth-order valence-corrected chi connectivity index (χ4v) is 4.89. The largest absolute Gasteiger partial charge is 0.343 e. The molecule has 0 aliphatic heterocycles. The average molecular weight is 477 g/mol. The Kier molecular flexibility index (Phi) is 7.06. The molecule has 168 valence electrons. The number of hydrogen-bond donors (Lipinski definition) is 2. The van der Waals surface area contributed by atoms with E-state index in [1.54, 1.807) is 23.5 Å². The van der Waals surface area contributed by atoms with Crippen LogP contribution < -0.4 is 10.6 Å². The lowest BCUT2D eigenvalue weighted by molar-refractivity contribution is 0.102. The summed E-state index contributed by atoms with van der Waals surface area (Å²) in [6.07, 6.45) is 0.862. The molecule has 0 aliphatic rings. The van der Waals surface area contributed by atoms with Gasteiger partial charge in [-0.05, 0) is 62.2 Å². The minimum atomic E-state index is -0.299. The first-order chi connectivity index (χ1) is 15.9. The predicted molar refractivity (Wildman–Crippen MR) is 137 cm³/mol. The highest BCUT2D eigenvalue weighted by atomic mass is 35.5. The molecular weight excluding hydrogens is 452 g/mol. The van der Waals surface area contributed by atoms with Gasteiger partial charge < -0.3 is 10.6 Å². The van der Waals surface area contributed by atoms with E-state index in [-0.39, 0.29) is 11.9 Å². The van der Waals surface area contributed by atoms with E-state index in [4.69, 9.17) is 11.6 Å². The zero-order chi connectivity index (χ0) is 23.4. The van der Waals surface area contributed by atoms with E-state index in [9.17, 15) is 4.79 Å². The Balaban J connectivity index is 1.77. The second kappa shape index (κ2) is 10.1. The van der Waals surface area contributed by atoms with Crippen molar-refractivity contribution in [3.8, 4) is 0 Å². The van der Waals surface area contributed by atoms with Crippen molar-refractivity contribution in [1.82, 2.24) is 9.97 Å². The van der Waals surface area contributed by atoms with Gasteiger partial charge in [-0.3, -0.25) is 4.79 Å². The molecule has 33 heavy (non-hydrogen) atoms. The third-order valence-electron chi connectivity index (χ3n) is 5.17. The first kappa shape index (κ1) is 23.0. The van der Waals surface area contributed by atoms with Gasteiger partial charge in [-0.1, -0.05) is 48.9 Å². The summed E-state index contributed by atoms with van der Waals surface area (Å²) in [7, 11) is 0. The summed E-state index contributed by atoms with van der Waals surface area (Å²) in [6, 6.07) is 20.7. The molecule has 1 amide bonds. The van der Waals surface area contributed by atoms with Gasteiger partial charge in [-0.2, -0.15) is 0 Å². The number of carbonyl (C=O) groups excluding carboxylic acids is 1. The number of thiophene rings is 1. The van der Waals surface area contributed by atoms with Gasteiger partial charge in [0.1, 0.15) is 5.00 Å². The van der Waals surface area contributed by atoms with Crippen LogP contribution in [0.2, 0.25) is 5.02 Å². The molecule has 0 saturated carbocycles. The number of benzene rings is 2. The Morgan fingerprint density at radius 1 is 1.00 bits per heavy atom. The maximum atomic E-state index is 13.0. The van der Waals surface area contributed by atoms with Crippen molar-refractivity contribution in [2.75, 3.05) is 10.6 Å². The van der Waals surface area contributed by atoms with Crippen LogP contribution in [0.15, 0.2) is 66.7 Å². The van der Waals surface area contributed by atoms with Gasteiger partial charge in [0.05, 0.1) is 6.04 Å². The van der Waals surface area contributed by atoms with Crippen molar-refractivity contribution in [1.29, 1.82) is 0 Å². The lowest BCUT2D eigenvalue weighted by atomic mass is 10.00. The predicted octanol–water partition coefficient (Wildman–Crippen LogP) is 6.82. The van der Waals surface area contributed by atoms with Crippen LogP contribution in [-0.4, -0.2) is 15.9 Å². The molecule has 4 aromatic rings. The van der Waals surface area contributed by atoms with Crippen molar-refractivity contribution in [3.63, 3.8) is 0 Å². The highest BCUT2D eigenvalue weighted by Gasteiger charge is 2.23. The standard InChI is InChI=1S/C26H25ClN4OS/c1-4-21-15-22(25(33-21)31-24(32)18-9-6-5-7-10-18)23(19-11-8-12-20(27)14-19)30-26-28-16(2)13-17(3)29-26/h5-15,23H,4H2,1-3H3,(H,31,32)(H,28,29,30)/t23-/m1/s1. The number of hydrogen-bond acceptors (Lipinski definition) is 5. The van der Waals surface area contributed by atoms with Gasteiger partial charge in [-0.15, -0.1) is 11.3 Å². The SMILES string of the molecule is CCc1cc([C@H](Nc2nc(C)cc(C)n2)c2cccc(Cl)c2)c(NC(=O)c2ccccc2)s1. The lowest BCUT2D eigenvalue weighted by Crippen LogP contribution is -2.18. The van der Waals surface area contributed by atoms with Crippen molar-refractivity contribution in [2.45, 2.75) is 33.2 Å².